The molecule has 0 aliphatic rings. The molecule has 26 heavy (non-hydrogen) atoms. The van der Waals surface area contributed by atoms with Gasteiger partial charge in [0.15, 0.2) is 0 Å². The number of carbonyl (C=O) groups excluding carboxylic acids is 1. The number of carbonyl (C=O) groups is 1. The molecular formula is C17H18N8O. The summed E-state index contributed by atoms with van der Waals surface area (Å²) in [7, 11) is 0. The fourth-order valence-electron chi connectivity index (χ4n) is 2.13. The smallest absolute Gasteiger partial charge is 0.271 e. The molecule has 0 aliphatic heterocycles. The van der Waals surface area contributed by atoms with E-state index in [1.807, 2.05) is 19.1 Å². The zero-order valence-corrected chi connectivity index (χ0v) is 14.2. The maximum Gasteiger partial charge on any atom is 0.271 e. The molecular weight excluding hydrogens is 332 g/mol. The summed E-state index contributed by atoms with van der Waals surface area (Å²) in [5.41, 5.74) is 1.39. The van der Waals surface area contributed by atoms with E-state index in [0.717, 1.165) is 5.56 Å². The number of pyridine rings is 1. The number of aryl methyl sites for hydroxylation is 1. The van der Waals surface area contributed by atoms with Crippen molar-refractivity contribution in [3.8, 4) is 0 Å². The standard InChI is InChI=1S/C17H18N8O/c1-12-2-3-20-15(8-12)25-16-9-14(23-11-24-16)21-6-7-22-17(26)13-10-18-4-5-19-13/h2-5,8-11H,6-7H2,1H3,(H,22,26)(H2,20,21,23,24,25). The molecule has 0 saturated heterocycles. The van der Waals surface area contributed by atoms with Crippen LogP contribution < -0.4 is 16.0 Å². The summed E-state index contributed by atoms with van der Waals surface area (Å²) in [6, 6.07) is 5.62. The molecule has 0 bridgehead atoms. The molecule has 0 spiro atoms. The van der Waals surface area contributed by atoms with Crippen LogP contribution in [0.2, 0.25) is 0 Å². The minimum atomic E-state index is -0.268. The number of rotatable bonds is 7. The van der Waals surface area contributed by atoms with Gasteiger partial charge in [-0.1, -0.05) is 0 Å². The first-order valence-corrected chi connectivity index (χ1v) is 8.00. The number of hydrogen-bond acceptors (Lipinski definition) is 8. The highest BCUT2D eigenvalue weighted by Gasteiger charge is 2.05. The molecule has 0 aromatic carbocycles. The number of aromatic nitrogens is 5. The molecule has 0 unspecified atom stereocenters. The van der Waals surface area contributed by atoms with Crippen molar-refractivity contribution < 1.29 is 4.79 Å². The lowest BCUT2D eigenvalue weighted by atomic mass is 10.3. The molecule has 0 fully saturated rings. The zero-order chi connectivity index (χ0) is 18.2. The molecule has 0 atom stereocenters. The molecule has 3 rings (SSSR count). The molecule has 0 saturated carbocycles. The van der Waals surface area contributed by atoms with Gasteiger partial charge in [0.25, 0.3) is 5.91 Å². The summed E-state index contributed by atoms with van der Waals surface area (Å²) in [5.74, 6) is 1.72. The predicted molar refractivity (Wildman–Crippen MR) is 97.1 cm³/mol. The lowest BCUT2D eigenvalue weighted by molar-refractivity contribution is 0.0950. The largest absolute Gasteiger partial charge is 0.368 e. The van der Waals surface area contributed by atoms with Crippen LogP contribution in [0.4, 0.5) is 17.5 Å². The van der Waals surface area contributed by atoms with Crippen LogP contribution in [0.15, 0.2) is 49.3 Å². The molecule has 3 heterocycles. The fourth-order valence-corrected chi connectivity index (χ4v) is 2.13. The summed E-state index contributed by atoms with van der Waals surface area (Å²) in [4.78, 5) is 32.2. The number of anilines is 3. The summed E-state index contributed by atoms with van der Waals surface area (Å²) < 4.78 is 0. The third-order valence-electron chi connectivity index (χ3n) is 3.35. The normalized spacial score (nSPS) is 10.2. The second-order valence-electron chi connectivity index (χ2n) is 5.41. The Bertz CT molecular complexity index is 871. The van der Waals surface area contributed by atoms with Crippen molar-refractivity contribution in [3.63, 3.8) is 0 Å². The van der Waals surface area contributed by atoms with Gasteiger partial charge in [0.05, 0.1) is 6.20 Å². The fraction of sp³-hybridized carbons (Fsp3) is 0.176. The quantitative estimate of drug-likeness (QED) is 0.550. The van der Waals surface area contributed by atoms with Gasteiger partial charge in [0, 0.05) is 37.7 Å². The van der Waals surface area contributed by atoms with Crippen molar-refractivity contribution in [2.24, 2.45) is 0 Å². The van der Waals surface area contributed by atoms with Gasteiger partial charge < -0.3 is 16.0 Å². The monoisotopic (exact) mass is 350 g/mol. The highest BCUT2D eigenvalue weighted by molar-refractivity contribution is 5.91. The van der Waals surface area contributed by atoms with Crippen LogP contribution in [0.25, 0.3) is 0 Å². The maximum absolute atomic E-state index is 11.9. The van der Waals surface area contributed by atoms with Gasteiger partial charge in [0.1, 0.15) is 29.5 Å². The average Bonchev–Trinajstić information content (AvgIpc) is 2.66. The number of hydrogen-bond donors (Lipinski definition) is 3. The topological polar surface area (TPSA) is 118 Å². The Morgan fingerprint density at radius 2 is 1.81 bits per heavy atom. The number of nitrogens with one attached hydrogen (secondary N) is 3. The molecule has 9 nitrogen and oxygen atoms in total. The van der Waals surface area contributed by atoms with E-state index in [1.165, 1.54) is 24.9 Å². The Kier molecular flexibility index (Phi) is 5.61. The van der Waals surface area contributed by atoms with Gasteiger partial charge in [-0.15, -0.1) is 0 Å². The Morgan fingerprint density at radius 3 is 2.62 bits per heavy atom. The van der Waals surface area contributed by atoms with Gasteiger partial charge in [-0.25, -0.2) is 19.9 Å². The molecule has 9 heteroatoms. The van der Waals surface area contributed by atoms with E-state index in [9.17, 15) is 4.79 Å². The highest BCUT2D eigenvalue weighted by Crippen LogP contribution is 2.14. The lowest BCUT2D eigenvalue weighted by Crippen LogP contribution is -2.29. The number of amides is 1. The summed E-state index contributed by atoms with van der Waals surface area (Å²) >= 11 is 0. The Morgan fingerprint density at radius 1 is 0.962 bits per heavy atom. The second-order valence-corrected chi connectivity index (χ2v) is 5.41. The minimum absolute atomic E-state index is 0.268. The third-order valence-corrected chi connectivity index (χ3v) is 3.35. The first kappa shape index (κ1) is 17.2. The predicted octanol–water partition coefficient (Wildman–Crippen LogP) is 1.56. The molecule has 0 radical (unpaired) electrons. The molecule has 3 aromatic rings. The van der Waals surface area contributed by atoms with Crippen LogP contribution in [0, 0.1) is 6.92 Å². The van der Waals surface area contributed by atoms with Crippen LogP contribution in [0.5, 0.6) is 0 Å². The number of nitrogens with zero attached hydrogens (tertiary/aromatic N) is 5. The van der Waals surface area contributed by atoms with Gasteiger partial charge in [-0.2, -0.15) is 0 Å². The third kappa shape index (κ3) is 4.94. The molecule has 0 aliphatic carbocycles. The first-order chi connectivity index (χ1) is 12.7. The van der Waals surface area contributed by atoms with Gasteiger partial charge >= 0.3 is 0 Å². The van der Waals surface area contributed by atoms with Crippen LogP contribution in [-0.2, 0) is 0 Å². The van der Waals surface area contributed by atoms with Crippen LogP contribution >= 0.6 is 0 Å². The zero-order valence-electron chi connectivity index (χ0n) is 14.2. The van der Waals surface area contributed by atoms with Gasteiger partial charge in [-0.05, 0) is 24.6 Å². The van der Waals surface area contributed by atoms with E-state index in [-0.39, 0.29) is 11.6 Å². The van der Waals surface area contributed by atoms with Gasteiger partial charge in [-0.3, -0.25) is 9.78 Å². The SMILES string of the molecule is Cc1ccnc(Nc2cc(NCCNC(=O)c3cnccn3)ncn2)c1. The van der Waals surface area contributed by atoms with Gasteiger partial charge in [0.2, 0.25) is 0 Å². The molecule has 3 N–H and O–H groups in total. The summed E-state index contributed by atoms with van der Waals surface area (Å²) in [6.45, 7) is 2.92. The van der Waals surface area contributed by atoms with E-state index < -0.39 is 0 Å². The van der Waals surface area contributed by atoms with Crippen molar-refractivity contribution >= 4 is 23.4 Å². The Balaban J connectivity index is 1.49. The van der Waals surface area contributed by atoms with E-state index >= 15 is 0 Å². The van der Waals surface area contributed by atoms with Crippen molar-refractivity contribution in [2.45, 2.75) is 6.92 Å². The molecule has 132 valence electrons. The van der Waals surface area contributed by atoms with Crippen LogP contribution in [0.1, 0.15) is 16.1 Å². The lowest BCUT2D eigenvalue weighted by Gasteiger charge is -2.09. The summed E-state index contributed by atoms with van der Waals surface area (Å²) in [5, 5.41) is 9.01. The second kappa shape index (κ2) is 8.47. The van der Waals surface area contributed by atoms with Crippen LogP contribution in [-0.4, -0.2) is 43.9 Å². The van der Waals surface area contributed by atoms with E-state index in [2.05, 4.69) is 40.9 Å². The summed E-state index contributed by atoms with van der Waals surface area (Å²) in [6.07, 6.45) is 7.61. The Labute approximate surface area is 150 Å². The van der Waals surface area contributed by atoms with Crippen molar-refractivity contribution in [1.82, 2.24) is 30.2 Å². The first-order valence-electron chi connectivity index (χ1n) is 8.00. The van der Waals surface area contributed by atoms with Crippen molar-refractivity contribution in [1.29, 1.82) is 0 Å². The van der Waals surface area contributed by atoms with E-state index in [0.29, 0.717) is 30.5 Å². The minimum Gasteiger partial charge on any atom is -0.368 e. The highest BCUT2D eigenvalue weighted by atomic mass is 16.1. The maximum atomic E-state index is 11.9. The van der Waals surface area contributed by atoms with Crippen molar-refractivity contribution in [2.75, 3.05) is 23.7 Å². The molecule has 3 aromatic heterocycles. The van der Waals surface area contributed by atoms with Crippen LogP contribution in [0.3, 0.4) is 0 Å². The molecule has 1 amide bonds. The van der Waals surface area contributed by atoms with E-state index in [1.54, 1.807) is 12.3 Å². The van der Waals surface area contributed by atoms with Crippen molar-refractivity contribution in [3.05, 3.63) is 60.6 Å². The van der Waals surface area contributed by atoms with E-state index in [4.69, 9.17) is 0 Å². The Hall–Kier alpha value is -3.62. The average molecular weight is 350 g/mol.